The Morgan fingerprint density at radius 3 is 2.31 bits per heavy atom. The number of benzene rings is 2. The van der Waals surface area contributed by atoms with Gasteiger partial charge >= 0.3 is 0 Å². The van der Waals surface area contributed by atoms with Gasteiger partial charge in [-0.05, 0) is 46.2 Å². The first-order valence-corrected chi connectivity index (χ1v) is 12.8. The molecule has 1 aromatic heterocycles. The molecular weight excluding hydrogens is 478 g/mol. The number of hydrogen-bond donors (Lipinski definition) is 2. The third-order valence-corrected chi connectivity index (χ3v) is 7.09. The zero-order valence-corrected chi connectivity index (χ0v) is 21.0. The Morgan fingerprint density at radius 1 is 1.00 bits per heavy atom. The van der Waals surface area contributed by atoms with Crippen molar-refractivity contribution < 1.29 is 29.3 Å². The van der Waals surface area contributed by atoms with E-state index >= 15 is 0 Å². The molecule has 7 nitrogen and oxygen atoms in total. The van der Waals surface area contributed by atoms with E-state index in [1.807, 2.05) is 29.0 Å². The van der Waals surface area contributed by atoms with Gasteiger partial charge in [-0.3, -0.25) is 19.3 Å². The lowest BCUT2D eigenvalue weighted by molar-refractivity contribution is -0.139. The largest absolute Gasteiger partial charge is 0.493 e. The molecule has 1 fully saturated rings. The van der Waals surface area contributed by atoms with Crippen molar-refractivity contribution in [3.8, 4) is 16.9 Å². The molecule has 1 aliphatic heterocycles. The number of carbonyl (C=O) groups excluding carboxylic acids is 3. The molecule has 2 aromatic carbocycles. The van der Waals surface area contributed by atoms with Crippen LogP contribution in [-0.2, 0) is 14.4 Å². The number of anilines is 1. The van der Waals surface area contributed by atoms with Gasteiger partial charge in [-0.2, -0.15) is 11.3 Å². The monoisotopic (exact) mass is 507 g/mol. The molecule has 4 rings (SSSR count). The van der Waals surface area contributed by atoms with E-state index in [0.29, 0.717) is 17.0 Å². The molecule has 8 heteroatoms. The maximum Gasteiger partial charge on any atom is 0.295 e. The number of carbonyl (C=O) groups is 3. The van der Waals surface area contributed by atoms with E-state index in [-0.39, 0.29) is 25.6 Å². The second kappa shape index (κ2) is 11.2. The first kappa shape index (κ1) is 25.8. The van der Waals surface area contributed by atoms with Crippen molar-refractivity contribution in [3.63, 3.8) is 0 Å². The number of thiophene rings is 1. The van der Waals surface area contributed by atoms with Crippen molar-refractivity contribution in [1.29, 1.82) is 0 Å². The quantitative estimate of drug-likeness (QED) is 0.319. The first-order valence-electron chi connectivity index (χ1n) is 11.8. The number of hydrogen-bond acceptors (Lipinski definition) is 7. The van der Waals surface area contributed by atoms with Gasteiger partial charge in [-0.1, -0.05) is 44.2 Å². The van der Waals surface area contributed by atoms with Crippen LogP contribution in [0.4, 0.5) is 5.69 Å². The third-order valence-electron chi connectivity index (χ3n) is 6.41. The molecule has 0 spiro atoms. The van der Waals surface area contributed by atoms with Crippen molar-refractivity contribution >= 4 is 34.5 Å². The number of nitrogens with zero attached hydrogens (tertiary/aromatic N) is 1. The predicted molar refractivity (Wildman–Crippen MR) is 138 cm³/mol. The highest BCUT2D eigenvalue weighted by Crippen LogP contribution is 2.44. The Kier molecular flexibility index (Phi) is 7.98. The van der Waals surface area contributed by atoms with Crippen LogP contribution in [0.15, 0.2) is 65.4 Å². The molecule has 0 radical (unpaired) electrons. The second-order valence-electron chi connectivity index (χ2n) is 9.16. The molecule has 36 heavy (non-hydrogen) atoms. The minimum Gasteiger partial charge on any atom is -0.493 e. The zero-order valence-electron chi connectivity index (χ0n) is 20.2. The van der Waals surface area contributed by atoms with E-state index in [9.17, 15) is 24.6 Å². The summed E-state index contributed by atoms with van der Waals surface area (Å²) in [7, 11) is 0. The van der Waals surface area contributed by atoms with Crippen LogP contribution in [0.25, 0.3) is 11.1 Å². The standard InChI is InChI=1S/C28H29NO6S/c1-17(2)26(32)24-25(22-5-3-4-6-23(22)35-15-18(13-30)14-31)29(28(34)27(24)33)21-9-7-19(8-10-21)20-11-12-36-16-20/h3-12,16-18,24-25,30-31H,13-15H2,1-2H3. The summed E-state index contributed by atoms with van der Waals surface area (Å²) < 4.78 is 5.93. The van der Waals surface area contributed by atoms with E-state index in [1.54, 1.807) is 61.6 Å². The fourth-order valence-corrected chi connectivity index (χ4v) is 5.05. The maximum absolute atomic E-state index is 13.3. The third kappa shape index (κ3) is 4.97. The number of rotatable bonds is 10. The van der Waals surface area contributed by atoms with E-state index in [2.05, 4.69) is 0 Å². The van der Waals surface area contributed by atoms with Gasteiger partial charge in [-0.25, -0.2) is 0 Å². The zero-order chi connectivity index (χ0) is 25.8. The van der Waals surface area contributed by atoms with Gasteiger partial charge in [0.1, 0.15) is 17.5 Å². The van der Waals surface area contributed by atoms with E-state index < -0.39 is 35.5 Å². The predicted octanol–water partition coefficient (Wildman–Crippen LogP) is 3.89. The lowest BCUT2D eigenvalue weighted by Crippen LogP contribution is -2.32. The number of ketones is 2. The number of Topliss-reactive ketones (excluding diaryl/α,β-unsaturated/α-hetero) is 2. The number of aliphatic hydroxyl groups excluding tert-OH is 2. The lowest BCUT2D eigenvalue weighted by Gasteiger charge is -2.29. The summed E-state index contributed by atoms with van der Waals surface area (Å²) in [5, 5.41) is 22.9. The van der Waals surface area contributed by atoms with Gasteiger partial charge in [0, 0.05) is 23.1 Å². The SMILES string of the molecule is CC(C)C(=O)C1C(=O)C(=O)N(c2ccc(-c3ccsc3)cc2)C1c1ccccc1OCC(CO)CO. The van der Waals surface area contributed by atoms with Gasteiger partial charge in [0.25, 0.3) is 5.91 Å². The molecule has 1 amide bonds. The van der Waals surface area contributed by atoms with E-state index in [1.165, 1.54) is 4.90 Å². The Hall–Kier alpha value is -3.33. The van der Waals surface area contributed by atoms with Crippen LogP contribution >= 0.6 is 11.3 Å². The minimum atomic E-state index is -1.18. The van der Waals surface area contributed by atoms with E-state index in [0.717, 1.165) is 11.1 Å². The van der Waals surface area contributed by atoms with E-state index in [4.69, 9.17) is 4.74 Å². The van der Waals surface area contributed by atoms with Crippen molar-refractivity contribution in [3.05, 3.63) is 70.9 Å². The fraction of sp³-hybridized carbons (Fsp3) is 0.321. The fourth-order valence-electron chi connectivity index (χ4n) is 4.38. The highest BCUT2D eigenvalue weighted by Gasteiger charge is 2.53. The summed E-state index contributed by atoms with van der Waals surface area (Å²) >= 11 is 1.59. The second-order valence-corrected chi connectivity index (χ2v) is 9.94. The molecule has 188 valence electrons. The average Bonchev–Trinajstić information content (AvgIpc) is 3.52. The maximum atomic E-state index is 13.3. The highest BCUT2D eigenvalue weighted by molar-refractivity contribution is 7.08. The average molecular weight is 508 g/mol. The minimum absolute atomic E-state index is 0.0385. The molecule has 1 saturated heterocycles. The number of amides is 1. The Morgan fingerprint density at radius 2 is 1.69 bits per heavy atom. The van der Waals surface area contributed by atoms with Crippen LogP contribution < -0.4 is 9.64 Å². The summed E-state index contributed by atoms with van der Waals surface area (Å²) in [6.45, 7) is 2.96. The van der Waals surface area contributed by atoms with Crippen molar-refractivity contribution in [2.75, 3.05) is 24.7 Å². The normalized spacial score (nSPS) is 17.9. The van der Waals surface area contributed by atoms with Gasteiger partial charge in [-0.15, -0.1) is 0 Å². The molecule has 0 bridgehead atoms. The van der Waals surface area contributed by atoms with Crippen LogP contribution in [0.2, 0.25) is 0 Å². The van der Waals surface area contributed by atoms with Crippen LogP contribution in [-0.4, -0.2) is 47.5 Å². The molecular formula is C28H29NO6S. The summed E-state index contributed by atoms with van der Waals surface area (Å²) in [5.74, 6) is -3.51. The summed E-state index contributed by atoms with van der Waals surface area (Å²) in [6, 6.07) is 15.4. The molecule has 2 atom stereocenters. The van der Waals surface area contributed by atoms with Crippen LogP contribution in [0.3, 0.4) is 0 Å². The van der Waals surface area contributed by atoms with Gasteiger partial charge in [0.05, 0.1) is 25.9 Å². The molecule has 0 saturated carbocycles. The van der Waals surface area contributed by atoms with Crippen LogP contribution in [0.1, 0.15) is 25.5 Å². The Bertz CT molecular complexity index is 1220. The van der Waals surface area contributed by atoms with Crippen molar-refractivity contribution in [2.45, 2.75) is 19.9 Å². The molecule has 2 N–H and O–H groups in total. The molecule has 2 heterocycles. The molecule has 0 aliphatic carbocycles. The van der Waals surface area contributed by atoms with Crippen LogP contribution in [0, 0.1) is 17.8 Å². The Labute approximate surface area is 214 Å². The van der Waals surface area contributed by atoms with Crippen molar-refractivity contribution in [1.82, 2.24) is 0 Å². The number of aliphatic hydroxyl groups is 2. The number of ether oxygens (including phenoxy) is 1. The summed E-state index contributed by atoms with van der Waals surface area (Å²) in [5.41, 5.74) is 3.06. The highest BCUT2D eigenvalue weighted by atomic mass is 32.1. The topological polar surface area (TPSA) is 104 Å². The van der Waals surface area contributed by atoms with Gasteiger partial charge in [0.2, 0.25) is 5.78 Å². The number of para-hydroxylation sites is 1. The smallest absolute Gasteiger partial charge is 0.295 e. The molecule has 1 aliphatic rings. The lowest BCUT2D eigenvalue weighted by atomic mass is 9.84. The van der Waals surface area contributed by atoms with Gasteiger partial charge in [0.15, 0.2) is 0 Å². The first-order chi connectivity index (χ1) is 17.4. The van der Waals surface area contributed by atoms with Crippen molar-refractivity contribution in [2.24, 2.45) is 17.8 Å². The molecule has 2 unspecified atom stereocenters. The Balaban J connectivity index is 1.78. The van der Waals surface area contributed by atoms with Gasteiger partial charge < -0.3 is 14.9 Å². The molecule has 3 aromatic rings. The summed E-state index contributed by atoms with van der Waals surface area (Å²) in [6.07, 6.45) is 0. The van der Waals surface area contributed by atoms with Crippen LogP contribution in [0.5, 0.6) is 5.75 Å². The summed E-state index contributed by atoms with van der Waals surface area (Å²) in [4.78, 5) is 41.2.